The van der Waals surface area contributed by atoms with Gasteiger partial charge in [0.05, 0.1) is 18.6 Å². The third-order valence-electron chi connectivity index (χ3n) is 4.24. The first-order valence-corrected chi connectivity index (χ1v) is 9.13. The number of carbonyl (C=O) groups is 1. The molecule has 28 heavy (non-hydrogen) atoms. The molecule has 0 spiro atoms. The minimum absolute atomic E-state index is 0.0707. The number of nitrogens with zero attached hydrogens (tertiary/aromatic N) is 4. The van der Waals surface area contributed by atoms with Crippen LogP contribution in [-0.2, 0) is 18.9 Å². The van der Waals surface area contributed by atoms with Crippen molar-refractivity contribution in [2.75, 3.05) is 7.11 Å². The maximum absolute atomic E-state index is 12.7. The summed E-state index contributed by atoms with van der Waals surface area (Å²) >= 11 is 0.858. The smallest absolute Gasteiger partial charge is 0.332 e. The number of ether oxygens (including phenoxy) is 1. The van der Waals surface area contributed by atoms with Gasteiger partial charge >= 0.3 is 5.69 Å². The number of aromatic nitrogens is 4. The number of hydrogen-bond donors (Lipinski definition) is 0. The number of methoxy groups -OCH3 is 1. The second-order valence-electron chi connectivity index (χ2n) is 6.04. The highest BCUT2D eigenvalue weighted by atomic mass is 32.2. The molecule has 2 heterocycles. The summed E-state index contributed by atoms with van der Waals surface area (Å²) in [5.41, 5.74) is -0.496. The lowest BCUT2D eigenvalue weighted by molar-refractivity contribution is -0.304. The van der Waals surface area contributed by atoms with Gasteiger partial charge in [0, 0.05) is 19.3 Å². The summed E-state index contributed by atoms with van der Waals surface area (Å²) in [5.74, 6) is -0.585. The number of hydrogen-bond acceptors (Lipinski definition) is 8. The Labute approximate surface area is 163 Å². The first-order chi connectivity index (χ1) is 13.3. The van der Waals surface area contributed by atoms with Gasteiger partial charge in [-0.1, -0.05) is 23.9 Å². The SMILES string of the molecule is COc1ccccc1-c1nc(S[C@@H](C)C(=O)[O-])c2c(=O)n(C)c(=O)n(C)c2n1. The zero-order valence-electron chi connectivity index (χ0n) is 15.6. The van der Waals surface area contributed by atoms with Crippen LogP contribution in [0.15, 0.2) is 38.9 Å². The molecule has 0 aliphatic rings. The van der Waals surface area contributed by atoms with E-state index in [1.165, 1.54) is 32.7 Å². The molecule has 0 aliphatic carbocycles. The van der Waals surface area contributed by atoms with Gasteiger partial charge in [0.2, 0.25) is 0 Å². The molecule has 9 nitrogen and oxygen atoms in total. The molecule has 0 fully saturated rings. The first kappa shape index (κ1) is 19.6. The minimum Gasteiger partial charge on any atom is -0.549 e. The van der Waals surface area contributed by atoms with Crippen LogP contribution >= 0.6 is 11.8 Å². The van der Waals surface area contributed by atoms with Gasteiger partial charge in [0.1, 0.15) is 16.2 Å². The standard InChI is InChI=1S/C18H18N4O5S/c1-9(17(24)25)28-15-12-14(21(2)18(26)22(3)16(12)23)19-13(20-15)10-7-5-6-8-11(10)27-4/h5-9H,1-4H3,(H,24,25)/p-1/t9-/m0/s1. The van der Waals surface area contributed by atoms with Gasteiger partial charge in [-0.15, -0.1) is 0 Å². The third-order valence-corrected chi connectivity index (χ3v) is 5.30. The van der Waals surface area contributed by atoms with Gasteiger partial charge < -0.3 is 14.6 Å². The number of benzene rings is 1. The normalized spacial score (nSPS) is 12.1. The minimum atomic E-state index is -1.29. The summed E-state index contributed by atoms with van der Waals surface area (Å²) < 4.78 is 7.50. The molecule has 0 N–H and O–H groups in total. The highest BCUT2D eigenvalue weighted by Crippen LogP contribution is 2.32. The fourth-order valence-electron chi connectivity index (χ4n) is 2.68. The van der Waals surface area contributed by atoms with E-state index in [9.17, 15) is 19.5 Å². The van der Waals surface area contributed by atoms with E-state index in [2.05, 4.69) is 9.97 Å². The van der Waals surface area contributed by atoms with Gasteiger partial charge in [0.25, 0.3) is 5.56 Å². The van der Waals surface area contributed by atoms with Crippen molar-refractivity contribution in [1.29, 1.82) is 0 Å². The van der Waals surface area contributed by atoms with E-state index in [0.29, 0.717) is 11.3 Å². The maximum Gasteiger partial charge on any atom is 0.332 e. The van der Waals surface area contributed by atoms with Crippen molar-refractivity contribution >= 4 is 28.8 Å². The molecule has 3 aromatic rings. The number of carboxylic acids is 1. The fraction of sp³-hybridized carbons (Fsp3) is 0.278. The van der Waals surface area contributed by atoms with Crippen LogP contribution in [0.4, 0.5) is 0 Å². The predicted molar refractivity (Wildman–Crippen MR) is 102 cm³/mol. The summed E-state index contributed by atoms with van der Waals surface area (Å²) in [4.78, 5) is 45.1. The molecule has 0 unspecified atom stereocenters. The molecule has 3 rings (SSSR count). The predicted octanol–water partition coefficient (Wildman–Crippen LogP) is -0.0667. The maximum atomic E-state index is 12.7. The van der Waals surface area contributed by atoms with E-state index in [1.807, 2.05) is 0 Å². The zero-order chi connectivity index (χ0) is 20.6. The van der Waals surface area contributed by atoms with Crippen molar-refractivity contribution < 1.29 is 14.6 Å². The van der Waals surface area contributed by atoms with Crippen molar-refractivity contribution in [3.8, 4) is 17.1 Å². The monoisotopic (exact) mass is 401 g/mol. The van der Waals surface area contributed by atoms with Crippen molar-refractivity contribution in [1.82, 2.24) is 19.1 Å². The molecule has 0 bridgehead atoms. The number of para-hydroxylation sites is 1. The Morgan fingerprint density at radius 2 is 1.86 bits per heavy atom. The lowest BCUT2D eigenvalue weighted by Crippen LogP contribution is -2.38. The number of thioether (sulfide) groups is 1. The second kappa shape index (κ2) is 7.47. The average molecular weight is 401 g/mol. The molecule has 0 radical (unpaired) electrons. The van der Waals surface area contributed by atoms with Crippen molar-refractivity contribution in [2.24, 2.45) is 14.1 Å². The Balaban J connectivity index is 2.42. The summed E-state index contributed by atoms with van der Waals surface area (Å²) in [6, 6.07) is 7.01. The van der Waals surface area contributed by atoms with E-state index in [-0.39, 0.29) is 21.9 Å². The van der Waals surface area contributed by atoms with E-state index in [0.717, 1.165) is 16.3 Å². The molecular formula is C18H17N4O5S-. The van der Waals surface area contributed by atoms with Gasteiger partial charge in [-0.2, -0.15) is 0 Å². The van der Waals surface area contributed by atoms with Gasteiger partial charge in [-0.25, -0.2) is 14.8 Å². The topological polar surface area (TPSA) is 119 Å². The summed E-state index contributed by atoms with van der Waals surface area (Å²) in [7, 11) is 4.33. The molecule has 0 saturated heterocycles. The Kier molecular flexibility index (Phi) is 5.23. The molecule has 0 aliphatic heterocycles. The van der Waals surface area contributed by atoms with Crippen LogP contribution in [0.5, 0.6) is 5.75 Å². The molecule has 2 aromatic heterocycles. The van der Waals surface area contributed by atoms with Crippen molar-refractivity contribution in [2.45, 2.75) is 17.2 Å². The largest absolute Gasteiger partial charge is 0.549 e. The van der Waals surface area contributed by atoms with Crippen LogP contribution in [-0.4, -0.2) is 37.4 Å². The summed E-state index contributed by atoms with van der Waals surface area (Å²) in [6.45, 7) is 1.43. The number of aryl methyl sites for hydroxylation is 1. The van der Waals surface area contributed by atoms with E-state index in [4.69, 9.17) is 4.74 Å². The van der Waals surface area contributed by atoms with Crippen LogP contribution in [0.1, 0.15) is 6.92 Å². The third kappa shape index (κ3) is 3.26. The lowest BCUT2D eigenvalue weighted by Gasteiger charge is -2.16. The van der Waals surface area contributed by atoms with Crippen LogP contribution in [0.3, 0.4) is 0 Å². The number of rotatable bonds is 5. The highest BCUT2D eigenvalue weighted by Gasteiger charge is 2.21. The van der Waals surface area contributed by atoms with Gasteiger partial charge in [-0.3, -0.25) is 13.9 Å². The molecular weight excluding hydrogens is 384 g/mol. The molecule has 1 aromatic carbocycles. The number of aliphatic carboxylic acids is 1. The van der Waals surface area contributed by atoms with Crippen LogP contribution in [0.25, 0.3) is 22.4 Å². The Hall–Kier alpha value is -3.14. The first-order valence-electron chi connectivity index (χ1n) is 8.25. The number of carbonyl (C=O) groups excluding carboxylic acids is 1. The Bertz CT molecular complexity index is 1200. The summed E-state index contributed by atoms with van der Waals surface area (Å²) in [6.07, 6.45) is 0. The van der Waals surface area contributed by atoms with Gasteiger partial charge in [0.15, 0.2) is 11.5 Å². The highest BCUT2D eigenvalue weighted by molar-refractivity contribution is 8.00. The van der Waals surface area contributed by atoms with E-state index < -0.39 is 22.5 Å². The van der Waals surface area contributed by atoms with E-state index >= 15 is 0 Å². The zero-order valence-corrected chi connectivity index (χ0v) is 16.4. The quantitative estimate of drug-likeness (QED) is 0.431. The number of carboxylic acid groups (broad SMARTS) is 1. The van der Waals surface area contributed by atoms with Crippen LogP contribution in [0, 0.1) is 0 Å². The molecule has 1 atom stereocenters. The molecule has 10 heteroatoms. The lowest BCUT2D eigenvalue weighted by atomic mass is 10.2. The molecule has 0 saturated carbocycles. The average Bonchev–Trinajstić information content (AvgIpc) is 2.69. The second-order valence-corrected chi connectivity index (χ2v) is 7.37. The Morgan fingerprint density at radius 1 is 1.18 bits per heavy atom. The van der Waals surface area contributed by atoms with Crippen molar-refractivity contribution in [3.05, 3.63) is 45.1 Å². The van der Waals surface area contributed by atoms with Crippen molar-refractivity contribution in [3.63, 3.8) is 0 Å². The molecule has 146 valence electrons. The summed E-state index contributed by atoms with van der Waals surface area (Å²) in [5, 5.41) is 10.5. The molecule has 0 amide bonds. The van der Waals surface area contributed by atoms with E-state index in [1.54, 1.807) is 24.3 Å². The number of fused-ring (bicyclic) bond motifs is 1. The Morgan fingerprint density at radius 3 is 2.50 bits per heavy atom. The van der Waals surface area contributed by atoms with Crippen LogP contribution < -0.4 is 21.1 Å². The fourth-order valence-corrected chi connectivity index (χ4v) is 3.55. The van der Waals surface area contributed by atoms with Gasteiger partial charge in [-0.05, 0) is 19.1 Å². The van der Waals surface area contributed by atoms with Crippen LogP contribution in [0.2, 0.25) is 0 Å².